The van der Waals surface area contributed by atoms with Crippen LogP contribution < -0.4 is 16.0 Å². The fraction of sp³-hybridized carbons (Fsp3) is 0.469. The molecule has 1 amide bonds. The lowest BCUT2D eigenvalue weighted by molar-refractivity contribution is -0.137. The summed E-state index contributed by atoms with van der Waals surface area (Å²) >= 11 is 0. The zero-order valence-electron chi connectivity index (χ0n) is 24.4. The number of rotatable bonds is 7. The predicted molar refractivity (Wildman–Crippen MR) is 160 cm³/mol. The summed E-state index contributed by atoms with van der Waals surface area (Å²) in [7, 11) is 1.67. The molecule has 0 spiro atoms. The van der Waals surface area contributed by atoms with Crippen LogP contribution in [0.2, 0.25) is 0 Å². The standard InChI is InChI=1S/C32H39F3N6O2/c1-43-29-9-4-23(19-36-29)21-39-12-10-24(11-13-39)25-5-8-27-28(18-25)38-30(37-27)31(42)41-16-14-40(15-17-41)20-22-2-6-26(7-3-22)32(33,34)35/h2-9,18,24,30,36-38H,10-17,19-21H2,1H3. The van der Waals surface area contributed by atoms with Crippen LogP contribution in [-0.4, -0.2) is 86.2 Å². The number of piperidine rings is 1. The van der Waals surface area contributed by atoms with Crippen molar-refractivity contribution in [2.75, 3.05) is 70.1 Å². The molecule has 230 valence electrons. The number of carbonyl (C=O) groups excluding carboxylic acids is 1. The van der Waals surface area contributed by atoms with Crippen molar-refractivity contribution in [2.24, 2.45) is 0 Å². The van der Waals surface area contributed by atoms with Crippen molar-refractivity contribution in [3.8, 4) is 0 Å². The minimum absolute atomic E-state index is 0.0132. The molecule has 4 aliphatic heterocycles. The number of nitrogens with one attached hydrogen (secondary N) is 3. The molecule has 3 N–H and O–H groups in total. The van der Waals surface area contributed by atoms with E-state index in [-0.39, 0.29) is 5.91 Å². The number of hydrogen-bond donors (Lipinski definition) is 3. The lowest BCUT2D eigenvalue weighted by Crippen LogP contribution is -2.53. The Balaban J connectivity index is 0.962. The molecule has 1 atom stereocenters. The van der Waals surface area contributed by atoms with Crippen LogP contribution in [-0.2, 0) is 22.3 Å². The summed E-state index contributed by atoms with van der Waals surface area (Å²) in [6.07, 6.45) is 1.52. The molecule has 0 saturated carbocycles. The van der Waals surface area contributed by atoms with Crippen molar-refractivity contribution in [1.29, 1.82) is 0 Å². The number of dihydropyridines is 1. The molecule has 11 heteroatoms. The maximum Gasteiger partial charge on any atom is 0.416 e. The molecule has 0 radical (unpaired) electrons. The van der Waals surface area contributed by atoms with E-state index < -0.39 is 17.9 Å². The number of fused-ring (bicyclic) bond motifs is 1. The highest BCUT2D eigenvalue weighted by Gasteiger charge is 2.33. The van der Waals surface area contributed by atoms with Crippen LogP contribution in [0, 0.1) is 0 Å². The number of benzene rings is 2. The second kappa shape index (κ2) is 12.5. The molecule has 0 bridgehead atoms. The number of piperazine rings is 1. The minimum Gasteiger partial charge on any atom is -0.483 e. The van der Waals surface area contributed by atoms with Crippen LogP contribution in [0.4, 0.5) is 24.5 Å². The molecule has 2 saturated heterocycles. The zero-order chi connectivity index (χ0) is 30.0. The molecule has 0 aromatic heterocycles. The molecule has 1 unspecified atom stereocenters. The third-order valence-electron chi connectivity index (χ3n) is 8.93. The van der Waals surface area contributed by atoms with E-state index in [0.717, 1.165) is 74.0 Å². The molecular weight excluding hydrogens is 557 g/mol. The second-order valence-corrected chi connectivity index (χ2v) is 11.8. The first kappa shape index (κ1) is 29.4. The number of ether oxygens (including phenoxy) is 1. The van der Waals surface area contributed by atoms with Gasteiger partial charge in [0.05, 0.1) is 24.0 Å². The summed E-state index contributed by atoms with van der Waals surface area (Å²) in [5, 5.41) is 10.0. The average Bonchev–Trinajstić information content (AvgIpc) is 3.45. The van der Waals surface area contributed by atoms with Gasteiger partial charge in [-0.2, -0.15) is 13.2 Å². The van der Waals surface area contributed by atoms with Gasteiger partial charge in [0.25, 0.3) is 5.91 Å². The number of likely N-dealkylation sites (tertiary alicyclic amines) is 1. The summed E-state index contributed by atoms with van der Waals surface area (Å²) < 4.78 is 43.8. The first-order chi connectivity index (χ1) is 20.7. The van der Waals surface area contributed by atoms with Gasteiger partial charge in [0.15, 0.2) is 12.0 Å². The van der Waals surface area contributed by atoms with Gasteiger partial charge in [0, 0.05) is 45.8 Å². The average molecular weight is 597 g/mol. The Labute approximate surface area is 250 Å². The third-order valence-corrected chi connectivity index (χ3v) is 8.93. The van der Waals surface area contributed by atoms with Crippen LogP contribution in [0.3, 0.4) is 0 Å². The van der Waals surface area contributed by atoms with E-state index >= 15 is 0 Å². The molecule has 8 nitrogen and oxygen atoms in total. The zero-order valence-corrected chi connectivity index (χ0v) is 24.4. The first-order valence-electron chi connectivity index (χ1n) is 15.0. The van der Waals surface area contributed by atoms with Gasteiger partial charge in [0.2, 0.25) is 0 Å². The van der Waals surface area contributed by atoms with Crippen molar-refractivity contribution in [2.45, 2.75) is 37.6 Å². The largest absolute Gasteiger partial charge is 0.483 e. The summed E-state index contributed by atoms with van der Waals surface area (Å²) in [5.74, 6) is 1.32. The van der Waals surface area contributed by atoms with E-state index in [4.69, 9.17) is 4.74 Å². The van der Waals surface area contributed by atoms with Gasteiger partial charge in [-0.05, 0) is 78.9 Å². The van der Waals surface area contributed by atoms with Crippen molar-refractivity contribution < 1.29 is 22.7 Å². The highest BCUT2D eigenvalue weighted by Crippen LogP contribution is 2.36. The molecule has 4 aliphatic rings. The SMILES string of the molecule is COC1=CC=C(CN2CCC(c3ccc4c(c3)NC(C(=O)N3CCN(Cc5ccc(C(F)(F)F)cc5)CC3)N4)CC2)CN1. The van der Waals surface area contributed by atoms with E-state index in [0.29, 0.717) is 38.6 Å². The van der Waals surface area contributed by atoms with Crippen molar-refractivity contribution in [1.82, 2.24) is 20.0 Å². The van der Waals surface area contributed by atoms with Crippen molar-refractivity contribution in [3.63, 3.8) is 0 Å². The molecule has 6 rings (SSSR count). The maximum absolute atomic E-state index is 13.3. The summed E-state index contributed by atoms with van der Waals surface area (Å²) in [4.78, 5) is 19.9. The van der Waals surface area contributed by atoms with Gasteiger partial charge in [-0.1, -0.05) is 24.3 Å². The van der Waals surface area contributed by atoms with Gasteiger partial charge in [0.1, 0.15) is 0 Å². The quantitative estimate of drug-likeness (QED) is 0.438. The van der Waals surface area contributed by atoms with E-state index in [1.54, 1.807) is 7.11 Å². The van der Waals surface area contributed by atoms with Gasteiger partial charge in [-0.25, -0.2) is 0 Å². The highest BCUT2D eigenvalue weighted by molar-refractivity contribution is 5.93. The molecular formula is C32H39F3N6O2. The summed E-state index contributed by atoms with van der Waals surface area (Å²) in [6, 6.07) is 11.8. The lowest BCUT2D eigenvalue weighted by atomic mass is 9.89. The van der Waals surface area contributed by atoms with Crippen molar-refractivity contribution in [3.05, 3.63) is 82.8 Å². The fourth-order valence-corrected chi connectivity index (χ4v) is 6.37. The highest BCUT2D eigenvalue weighted by atomic mass is 19.4. The Kier molecular flexibility index (Phi) is 8.54. The van der Waals surface area contributed by atoms with Crippen LogP contribution in [0.1, 0.15) is 35.4 Å². The Hall–Kier alpha value is -3.70. The Morgan fingerprint density at radius 1 is 0.884 bits per heavy atom. The number of hydrogen-bond acceptors (Lipinski definition) is 7. The fourth-order valence-electron chi connectivity index (χ4n) is 6.37. The number of halogens is 3. The molecule has 4 heterocycles. The number of allylic oxidation sites excluding steroid dienone is 2. The normalized spacial score (nSPS) is 21.7. The van der Waals surface area contributed by atoms with E-state index in [2.05, 4.69) is 50.0 Å². The first-order valence-corrected chi connectivity index (χ1v) is 15.0. The number of nitrogens with zero attached hydrogens (tertiary/aromatic N) is 3. The van der Waals surface area contributed by atoms with Crippen LogP contribution in [0.25, 0.3) is 0 Å². The van der Waals surface area contributed by atoms with Gasteiger partial charge < -0.3 is 25.6 Å². The molecule has 0 aliphatic carbocycles. The minimum atomic E-state index is -4.33. The van der Waals surface area contributed by atoms with Crippen LogP contribution >= 0.6 is 0 Å². The topological polar surface area (TPSA) is 72.1 Å². The molecule has 2 aromatic rings. The number of methoxy groups -OCH3 is 1. The molecule has 2 fully saturated rings. The lowest BCUT2D eigenvalue weighted by Gasteiger charge is -2.36. The van der Waals surface area contributed by atoms with E-state index in [9.17, 15) is 18.0 Å². The Morgan fingerprint density at radius 3 is 2.23 bits per heavy atom. The number of carbonyl (C=O) groups is 1. The van der Waals surface area contributed by atoms with Crippen molar-refractivity contribution >= 4 is 17.3 Å². The van der Waals surface area contributed by atoms with Gasteiger partial charge in [-0.15, -0.1) is 0 Å². The predicted octanol–water partition coefficient (Wildman–Crippen LogP) is 4.41. The number of amides is 1. The number of alkyl halides is 3. The maximum atomic E-state index is 13.3. The summed E-state index contributed by atoms with van der Waals surface area (Å²) in [5.41, 5.74) is 4.79. The van der Waals surface area contributed by atoms with Crippen LogP contribution in [0.15, 0.2) is 66.1 Å². The monoisotopic (exact) mass is 596 g/mol. The smallest absolute Gasteiger partial charge is 0.416 e. The second-order valence-electron chi connectivity index (χ2n) is 11.8. The van der Waals surface area contributed by atoms with Crippen LogP contribution in [0.5, 0.6) is 0 Å². The van der Waals surface area contributed by atoms with E-state index in [1.165, 1.54) is 23.3 Å². The molecule has 43 heavy (non-hydrogen) atoms. The Morgan fingerprint density at radius 2 is 1.58 bits per heavy atom. The van der Waals surface area contributed by atoms with Gasteiger partial charge >= 0.3 is 6.18 Å². The van der Waals surface area contributed by atoms with Gasteiger partial charge in [-0.3, -0.25) is 14.6 Å². The summed E-state index contributed by atoms with van der Waals surface area (Å²) in [6.45, 7) is 6.97. The number of anilines is 2. The molecule has 2 aromatic carbocycles. The third kappa shape index (κ3) is 6.94. The van der Waals surface area contributed by atoms with E-state index in [1.807, 2.05) is 11.0 Å². The Bertz CT molecular complexity index is 1360.